The lowest BCUT2D eigenvalue weighted by molar-refractivity contribution is 0.244. The fourth-order valence-electron chi connectivity index (χ4n) is 4.68. The van der Waals surface area contributed by atoms with Crippen LogP contribution in [0, 0.1) is 0 Å². The highest BCUT2D eigenvalue weighted by Crippen LogP contribution is 2.37. The minimum atomic E-state index is 0.741. The molecule has 0 radical (unpaired) electrons. The Kier molecular flexibility index (Phi) is 6.07. The fourth-order valence-corrected chi connectivity index (χ4v) is 4.68. The summed E-state index contributed by atoms with van der Waals surface area (Å²) in [5.41, 5.74) is 5.51. The molecule has 1 aromatic heterocycles. The van der Waals surface area contributed by atoms with Crippen molar-refractivity contribution in [3.63, 3.8) is 0 Å². The lowest BCUT2D eigenvalue weighted by atomic mass is 9.98. The van der Waals surface area contributed by atoms with Crippen LogP contribution in [0.5, 0.6) is 23.0 Å². The monoisotopic (exact) mass is 459 g/mol. The summed E-state index contributed by atoms with van der Waals surface area (Å²) < 4.78 is 28.2. The number of ether oxygens (including phenoxy) is 4. The Labute approximate surface area is 199 Å². The van der Waals surface area contributed by atoms with Crippen molar-refractivity contribution in [1.82, 2.24) is 4.90 Å². The van der Waals surface area contributed by atoms with Crippen LogP contribution in [-0.4, -0.2) is 39.9 Å². The molecule has 0 amide bonds. The zero-order chi connectivity index (χ0) is 23.7. The largest absolute Gasteiger partial charge is 0.497 e. The predicted molar refractivity (Wildman–Crippen MR) is 132 cm³/mol. The van der Waals surface area contributed by atoms with Crippen LogP contribution in [0.2, 0.25) is 0 Å². The topological polar surface area (TPSA) is 53.3 Å². The van der Waals surface area contributed by atoms with Crippen LogP contribution in [0.3, 0.4) is 0 Å². The molecular weight excluding hydrogens is 430 g/mol. The number of hydrogen-bond donors (Lipinski definition) is 0. The molecule has 2 heterocycles. The number of nitrogens with zero attached hydrogens (tertiary/aromatic N) is 1. The molecule has 0 fully saturated rings. The number of benzene rings is 3. The third-order valence-electron chi connectivity index (χ3n) is 6.42. The number of furan rings is 1. The van der Waals surface area contributed by atoms with Crippen molar-refractivity contribution in [2.45, 2.75) is 19.5 Å². The second kappa shape index (κ2) is 9.31. The van der Waals surface area contributed by atoms with E-state index >= 15 is 0 Å². The molecule has 5 rings (SSSR count). The molecule has 1 aliphatic heterocycles. The standard InChI is InChI=1S/C28H29NO5/c1-30-23-7-5-6-20(12-23)24-14-21-10-18(11-27(33-4)28(21)34-24)16-29-9-8-19-13-25(31-2)26(32-3)15-22(19)17-29/h5-7,10-15H,8-9,16-17H2,1-4H3. The maximum absolute atomic E-state index is 6.19. The zero-order valence-corrected chi connectivity index (χ0v) is 20.0. The van der Waals surface area contributed by atoms with Gasteiger partial charge in [-0.05, 0) is 65.6 Å². The number of rotatable bonds is 7. The van der Waals surface area contributed by atoms with Gasteiger partial charge in [-0.15, -0.1) is 0 Å². The molecule has 0 bridgehead atoms. The first kappa shape index (κ1) is 22.2. The van der Waals surface area contributed by atoms with E-state index in [-0.39, 0.29) is 0 Å². The molecule has 3 aromatic carbocycles. The Hall–Kier alpha value is -3.64. The van der Waals surface area contributed by atoms with Crippen molar-refractivity contribution in [2.75, 3.05) is 35.0 Å². The van der Waals surface area contributed by atoms with Crippen molar-refractivity contribution in [3.8, 4) is 34.3 Å². The molecule has 0 saturated carbocycles. The average molecular weight is 460 g/mol. The minimum Gasteiger partial charge on any atom is -0.497 e. The maximum atomic E-state index is 6.19. The Morgan fingerprint density at radius 1 is 0.794 bits per heavy atom. The van der Waals surface area contributed by atoms with Crippen molar-refractivity contribution < 1.29 is 23.4 Å². The summed E-state index contributed by atoms with van der Waals surface area (Å²) in [5, 5.41) is 1.02. The molecule has 176 valence electrons. The fraction of sp³-hybridized carbons (Fsp3) is 0.286. The van der Waals surface area contributed by atoms with Crippen molar-refractivity contribution in [2.24, 2.45) is 0 Å². The van der Waals surface area contributed by atoms with E-state index < -0.39 is 0 Å². The lowest BCUT2D eigenvalue weighted by Crippen LogP contribution is -2.30. The molecule has 0 unspecified atom stereocenters. The average Bonchev–Trinajstić information content (AvgIpc) is 3.31. The van der Waals surface area contributed by atoms with E-state index in [1.54, 1.807) is 28.4 Å². The van der Waals surface area contributed by atoms with Gasteiger partial charge < -0.3 is 23.4 Å². The van der Waals surface area contributed by atoms with Crippen molar-refractivity contribution in [3.05, 3.63) is 71.3 Å². The van der Waals surface area contributed by atoms with Gasteiger partial charge in [0.1, 0.15) is 11.5 Å². The van der Waals surface area contributed by atoms with Crippen LogP contribution in [0.1, 0.15) is 16.7 Å². The predicted octanol–water partition coefficient (Wildman–Crippen LogP) is 5.69. The molecule has 0 saturated heterocycles. The number of hydrogen-bond acceptors (Lipinski definition) is 6. The van der Waals surface area contributed by atoms with Crippen LogP contribution >= 0.6 is 0 Å². The van der Waals surface area contributed by atoms with Gasteiger partial charge in [0, 0.05) is 30.6 Å². The van der Waals surface area contributed by atoms with Gasteiger partial charge in [-0.3, -0.25) is 4.90 Å². The molecule has 0 aliphatic carbocycles. The summed E-state index contributed by atoms with van der Waals surface area (Å²) in [4.78, 5) is 2.44. The number of methoxy groups -OCH3 is 4. The Balaban J connectivity index is 1.42. The summed E-state index contributed by atoms with van der Waals surface area (Å²) >= 11 is 0. The van der Waals surface area contributed by atoms with E-state index in [9.17, 15) is 0 Å². The van der Waals surface area contributed by atoms with E-state index in [1.807, 2.05) is 24.3 Å². The highest BCUT2D eigenvalue weighted by atomic mass is 16.5. The van der Waals surface area contributed by atoms with E-state index in [0.717, 1.165) is 71.3 Å². The zero-order valence-electron chi connectivity index (χ0n) is 20.0. The molecule has 0 spiro atoms. The van der Waals surface area contributed by atoms with Gasteiger partial charge in [-0.1, -0.05) is 12.1 Å². The van der Waals surface area contributed by atoms with Gasteiger partial charge in [-0.25, -0.2) is 0 Å². The van der Waals surface area contributed by atoms with E-state index in [4.69, 9.17) is 23.4 Å². The third kappa shape index (κ3) is 4.17. The first-order valence-corrected chi connectivity index (χ1v) is 11.3. The molecule has 6 nitrogen and oxygen atoms in total. The molecule has 0 atom stereocenters. The van der Waals surface area contributed by atoms with Gasteiger partial charge in [0.15, 0.2) is 22.8 Å². The van der Waals surface area contributed by atoms with Crippen LogP contribution in [0.25, 0.3) is 22.3 Å². The Morgan fingerprint density at radius 2 is 1.56 bits per heavy atom. The van der Waals surface area contributed by atoms with Crippen LogP contribution < -0.4 is 18.9 Å². The summed E-state index contributed by atoms with van der Waals surface area (Å²) in [6.45, 7) is 2.65. The van der Waals surface area contributed by atoms with Crippen molar-refractivity contribution >= 4 is 11.0 Å². The molecule has 1 aliphatic rings. The SMILES string of the molecule is COc1cccc(-c2cc3cc(CN4CCc5cc(OC)c(OC)cc5C4)cc(OC)c3o2)c1. The van der Waals surface area contributed by atoms with Crippen LogP contribution in [-0.2, 0) is 19.5 Å². The first-order chi connectivity index (χ1) is 16.6. The molecule has 6 heteroatoms. The third-order valence-corrected chi connectivity index (χ3v) is 6.42. The normalized spacial score (nSPS) is 13.5. The molecule has 34 heavy (non-hydrogen) atoms. The van der Waals surface area contributed by atoms with Gasteiger partial charge >= 0.3 is 0 Å². The molecular formula is C28H29NO5. The summed E-state index contributed by atoms with van der Waals surface area (Å²) in [7, 11) is 6.71. The van der Waals surface area contributed by atoms with E-state index in [0.29, 0.717) is 0 Å². The smallest absolute Gasteiger partial charge is 0.176 e. The maximum Gasteiger partial charge on any atom is 0.176 e. The minimum absolute atomic E-state index is 0.741. The summed E-state index contributed by atoms with van der Waals surface area (Å²) in [6.07, 6.45) is 0.973. The number of fused-ring (bicyclic) bond motifs is 2. The second-order valence-corrected chi connectivity index (χ2v) is 8.50. The summed E-state index contributed by atoms with van der Waals surface area (Å²) in [6, 6.07) is 18.4. The van der Waals surface area contributed by atoms with Gasteiger partial charge in [-0.2, -0.15) is 0 Å². The van der Waals surface area contributed by atoms with Gasteiger partial charge in [0.05, 0.1) is 28.4 Å². The Bertz CT molecular complexity index is 1330. The first-order valence-electron chi connectivity index (χ1n) is 11.3. The Morgan fingerprint density at radius 3 is 2.29 bits per heavy atom. The highest BCUT2D eigenvalue weighted by Gasteiger charge is 2.21. The van der Waals surface area contributed by atoms with Gasteiger partial charge in [0.25, 0.3) is 0 Å². The van der Waals surface area contributed by atoms with Crippen LogP contribution in [0.4, 0.5) is 0 Å². The highest BCUT2D eigenvalue weighted by molar-refractivity contribution is 5.88. The van der Waals surface area contributed by atoms with E-state index in [2.05, 4.69) is 35.2 Å². The lowest BCUT2D eigenvalue weighted by Gasteiger charge is -2.29. The van der Waals surface area contributed by atoms with E-state index in [1.165, 1.54) is 16.7 Å². The summed E-state index contributed by atoms with van der Waals surface area (Å²) in [5.74, 6) is 3.89. The quantitative estimate of drug-likeness (QED) is 0.354. The second-order valence-electron chi connectivity index (χ2n) is 8.50. The van der Waals surface area contributed by atoms with Crippen LogP contribution in [0.15, 0.2) is 59.0 Å². The van der Waals surface area contributed by atoms with Crippen molar-refractivity contribution in [1.29, 1.82) is 0 Å². The van der Waals surface area contributed by atoms with Gasteiger partial charge in [0.2, 0.25) is 0 Å². The molecule has 4 aromatic rings. The molecule has 0 N–H and O–H groups in total.